The molecule has 2 aliphatic rings. The summed E-state index contributed by atoms with van der Waals surface area (Å²) in [5.74, 6) is 8.02. The topological polar surface area (TPSA) is 54.8 Å². The highest BCUT2D eigenvalue weighted by Gasteiger charge is 2.17. The summed E-state index contributed by atoms with van der Waals surface area (Å²) in [6.45, 7) is 6.04. The quantitative estimate of drug-likeness (QED) is 0.664. The van der Waals surface area contributed by atoms with E-state index in [0.717, 1.165) is 61.4 Å². The Hall–Kier alpha value is -2.84. The summed E-state index contributed by atoms with van der Waals surface area (Å²) in [6, 6.07) is 8.59. The molecule has 0 saturated heterocycles. The first-order chi connectivity index (χ1) is 14.3. The zero-order valence-electron chi connectivity index (χ0n) is 17.0. The lowest BCUT2D eigenvalue weighted by atomic mass is 10.0. The minimum Gasteiger partial charge on any atom is -0.370 e. The molecule has 0 saturated carbocycles. The van der Waals surface area contributed by atoms with Crippen LogP contribution in [0.15, 0.2) is 30.5 Å². The van der Waals surface area contributed by atoms with Crippen LogP contribution < -0.4 is 10.6 Å². The zero-order valence-corrected chi connectivity index (χ0v) is 17.0. The van der Waals surface area contributed by atoms with Gasteiger partial charge in [-0.15, -0.1) is 11.8 Å². The van der Waals surface area contributed by atoms with Crippen molar-refractivity contribution in [1.82, 2.24) is 19.9 Å². The maximum atomic E-state index is 4.99. The van der Waals surface area contributed by atoms with Crippen LogP contribution in [0.3, 0.4) is 0 Å². The van der Waals surface area contributed by atoms with Crippen molar-refractivity contribution < 1.29 is 0 Å². The van der Waals surface area contributed by atoms with Gasteiger partial charge in [-0.1, -0.05) is 0 Å². The third-order valence-electron chi connectivity index (χ3n) is 6.07. The fraction of sp³-hybridized carbons (Fsp3) is 0.417. The Bertz CT molecular complexity index is 1100. The second kappa shape index (κ2) is 7.88. The molecule has 0 spiro atoms. The van der Waals surface area contributed by atoms with Crippen molar-refractivity contribution >= 4 is 16.7 Å². The van der Waals surface area contributed by atoms with Gasteiger partial charge in [0.1, 0.15) is 5.82 Å². The third kappa shape index (κ3) is 3.73. The number of hydrogen-bond acceptors (Lipinski definition) is 4. The Labute approximate surface area is 171 Å². The van der Waals surface area contributed by atoms with E-state index in [1.807, 2.05) is 6.20 Å². The van der Waals surface area contributed by atoms with Crippen LogP contribution >= 0.6 is 0 Å². The minimum absolute atomic E-state index is 0.602. The maximum Gasteiger partial charge on any atom is 0.128 e. The first-order valence-corrected chi connectivity index (χ1v) is 10.6. The molecular weight excluding hydrogens is 358 g/mol. The number of aryl methyl sites for hydroxylation is 1. The number of nitrogens with one attached hydrogen (secondary N) is 2. The van der Waals surface area contributed by atoms with E-state index in [0.29, 0.717) is 5.92 Å². The Kier molecular flexibility index (Phi) is 4.95. The predicted molar refractivity (Wildman–Crippen MR) is 118 cm³/mol. The van der Waals surface area contributed by atoms with Gasteiger partial charge in [-0.3, -0.25) is 0 Å². The minimum atomic E-state index is 0.602. The first-order valence-electron chi connectivity index (χ1n) is 10.6. The summed E-state index contributed by atoms with van der Waals surface area (Å²) in [5.41, 5.74) is 5.94. The van der Waals surface area contributed by atoms with Gasteiger partial charge < -0.3 is 15.2 Å². The van der Waals surface area contributed by atoms with Crippen LogP contribution in [0.25, 0.3) is 22.3 Å². The van der Waals surface area contributed by atoms with Crippen molar-refractivity contribution in [2.24, 2.45) is 5.92 Å². The number of nitrogens with zero attached hydrogens (tertiary/aromatic N) is 3. The third-order valence-corrected chi connectivity index (χ3v) is 6.07. The Morgan fingerprint density at radius 1 is 1.28 bits per heavy atom. The molecule has 0 fully saturated rings. The van der Waals surface area contributed by atoms with Crippen molar-refractivity contribution in [3.8, 4) is 23.2 Å². The molecule has 5 heteroatoms. The highest BCUT2D eigenvalue weighted by molar-refractivity contribution is 5.82. The molecule has 0 radical (unpaired) electrons. The van der Waals surface area contributed by atoms with Crippen molar-refractivity contribution in [3.63, 3.8) is 0 Å². The second-order valence-corrected chi connectivity index (χ2v) is 8.14. The van der Waals surface area contributed by atoms with E-state index in [2.05, 4.69) is 63.2 Å². The number of aromatic nitrogens is 3. The van der Waals surface area contributed by atoms with Gasteiger partial charge in [0.2, 0.25) is 0 Å². The van der Waals surface area contributed by atoms with Gasteiger partial charge in [0.25, 0.3) is 0 Å². The normalized spacial score (nSPS) is 18.6. The summed E-state index contributed by atoms with van der Waals surface area (Å²) < 4.78 is 2.41. The predicted octanol–water partition coefficient (Wildman–Crippen LogP) is 4.12. The molecule has 4 heterocycles. The van der Waals surface area contributed by atoms with Crippen LogP contribution in [-0.4, -0.2) is 27.6 Å². The van der Waals surface area contributed by atoms with Gasteiger partial charge in [-0.25, -0.2) is 9.97 Å². The fourth-order valence-electron chi connectivity index (χ4n) is 4.39. The zero-order chi connectivity index (χ0) is 19.6. The molecule has 3 aromatic rings. The second-order valence-electron chi connectivity index (χ2n) is 8.14. The first kappa shape index (κ1) is 18.2. The molecule has 0 unspecified atom stereocenters. The molecule has 5 rings (SSSR count). The van der Waals surface area contributed by atoms with Crippen molar-refractivity contribution in [3.05, 3.63) is 41.7 Å². The van der Waals surface area contributed by atoms with Crippen LogP contribution in [0, 0.1) is 24.7 Å². The summed E-state index contributed by atoms with van der Waals surface area (Å²) in [4.78, 5) is 9.58. The van der Waals surface area contributed by atoms with Crippen molar-refractivity contribution in [2.45, 2.75) is 45.7 Å². The monoisotopic (exact) mass is 385 g/mol. The van der Waals surface area contributed by atoms with Gasteiger partial charge in [-0.05, 0) is 49.4 Å². The summed E-state index contributed by atoms with van der Waals surface area (Å²) in [6.07, 6.45) is 6.36. The van der Waals surface area contributed by atoms with Gasteiger partial charge in [0, 0.05) is 62.4 Å². The molecule has 2 N–H and O–H groups in total. The molecule has 1 aliphatic heterocycles. The van der Waals surface area contributed by atoms with E-state index < -0.39 is 0 Å². The average Bonchev–Trinajstić information content (AvgIpc) is 2.92. The summed E-state index contributed by atoms with van der Waals surface area (Å²) in [7, 11) is 0. The van der Waals surface area contributed by atoms with Gasteiger partial charge in [0.05, 0.1) is 16.9 Å². The number of pyridine rings is 2. The molecule has 5 nitrogen and oxygen atoms in total. The summed E-state index contributed by atoms with van der Waals surface area (Å²) >= 11 is 0. The van der Waals surface area contributed by atoms with Gasteiger partial charge in [0.15, 0.2) is 0 Å². The van der Waals surface area contributed by atoms with Gasteiger partial charge in [-0.2, -0.15) is 0 Å². The van der Waals surface area contributed by atoms with E-state index in [4.69, 9.17) is 4.98 Å². The average molecular weight is 386 g/mol. The molecule has 1 aliphatic carbocycles. The maximum absolute atomic E-state index is 4.99. The molecule has 29 heavy (non-hydrogen) atoms. The van der Waals surface area contributed by atoms with E-state index in [9.17, 15) is 0 Å². The number of rotatable bonds is 4. The number of hydrogen-bond donors (Lipinski definition) is 2. The molecule has 0 bridgehead atoms. The lowest BCUT2D eigenvalue weighted by molar-refractivity contribution is 0.513. The summed E-state index contributed by atoms with van der Waals surface area (Å²) in [5, 5.41) is 8.05. The lowest BCUT2D eigenvalue weighted by Crippen LogP contribution is -2.28. The van der Waals surface area contributed by atoms with Crippen molar-refractivity contribution in [2.75, 3.05) is 18.4 Å². The van der Waals surface area contributed by atoms with Crippen LogP contribution in [0.4, 0.5) is 5.82 Å². The highest BCUT2D eigenvalue weighted by Crippen LogP contribution is 2.28. The molecule has 1 atom stereocenters. The van der Waals surface area contributed by atoms with Crippen LogP contribution in [0.2, 0.25) is 0 Å². The molecule has 0 aromatic carbocycles. The smallest absolute Gasteiger partial charge is 0.128 e. The highest BCUT2D eigenvalue weighted by atomic mass is 15.1. The number of anilines is 1. The molecule has 0 amide bonds. The SMILES string of the molecule is Cc1cc(-c2ccc3cnc(NC[C@H]4CC#CCCC4)cc3n2)n2c1CNCC2. The van der Waals surface area contributed by atoms with Crippen LogP contribution in [-0.2, 0) is 13.1 Å². The molecular formula is C24H27N5. The lowest BCUT2D eigenvalue weighted by Gasteiger charge is -2.19. The largest absolute Gasteiger partial charge is 0.370 e. The molecule has 148 valence electrons. The molecule has 3 aromatic heterocycles. The Morgan fingerprint density at radius 3 is 3.21 bits per heavy atom. The Morgan fingerprint density at radius 2 is 2.24 bits per heavy atom. The van der Waals surface area contributed by atoms with E-state index >= 15 is 0 Å². The van der Waals surface area contributed by atoms with Crippen LogP contribution in [0.5, 0.6) is 0 Å². The van der Waals surface area contributed by atoms with E-state index in [-0.39, 0.29) is 0 Å². The number of fused-ring (bicyclic) bond motifs is 2. The standard InChI is InChI=1S/C24H27N5/c1-17-12-22(29-11-10-25-16-23(17)29)20-9-8-19-15-27-24(13-21(19)28-20)26-14-18-6-4-2-3-5-7-18/h8-9,12-13,15,18,25H,2,4,6-7,10-11,14,16H2,1H3,(H,26,27)/t18-/m1/s1. The Balaban J connectivity index is 1.41. The van der Waals surface area contributed by atoms with E-state index in [1.165, 1.54) is 29.8 Å². The fourth-order valence-corrected chi connectivity index (χ4v) is 4.39. The van der Waals surface area contributed by atoms with E-state index in [1.54, 1.807) is 0 Å². The van der Waals surface area contributed by atoms with Crippen LogP contribution in [0.1, 0.15) is 36.9 Å². The van der Waals surface area contributed by atoms with Gasteiger partial charge >= 0.3 is 0 Å². The van der Waals surface area contributed by atoms with Crippen molar-refractivity contribution in [1.29, 1.82) is 0 Å².